The highest BCUT2D eigenvalue weighted by molar-refractivity contribution is 7.17. The van der Waals surface area contributed by atoms with Crippen molar-refractivity contribution < 1.29 is 0 Å². The van der Waals surface area contributed by atoms with Gasteiger partial charge in [-0.25, -0.2) is 0 Å². The Labute approximate surface area is 101 Å². The molecule has 2 aromatic heterocycles. The molecule has 0 aliphatic carbocycles. The van der Waals surface area contributed by atoms with E-state index in [0.717, 1.165) is 11.1 Å². The normalized spacial score (nSPS) is 15.2. The van der Waals surface area contributed by atoms with Crippen LogP contribution in [0.15, 0.2) is 23.7 Å². The Morgan fingerprint density at radius 3 is 3.06 bits per heavy atom. The second kappa shape index (κ2) is 4.93. The number of hydrogen-bond acceptors (Lipinski definition) is 3. The lowest BCUT2D eigenvalue weighted by molar-refractivity contribution is 0.433. The fourth-order valence-electron chi connectivity index (χ4n) is 2.01. The lowest BCUT2D eigenvalue weighted by Crippen LogP contribution is -2.19. The number of thiophene rings is 1. The molecule has 0 aromatic carbocycles. The largest absolute Gasteiger partial charge is 0.324 e. The Morgan fingerprint density at radius 2 is 2.31 bits per heavy atom. The number of fused-ring (bicyclic) bond motifs is 1. The number of hydrogen-bond donors (Lipinski definition) is 1. The van der Waals surface area contributed by atoms with E-state index in [1.807, 2.05) is 12.3 Å². The molecule has 2 N–H and O–H groups in total. The second-order valence-electron chi connectivity index (χ2n) is 4.36. The molecule has 2 nitrogen and oxygen atoms in total. The third-order valence-electron chi connectivity index (χ3n) is 3.07. The molecule has 0 saturated carbocycles. The molecule has 3 heteroatoms. The highest BCUT2D eigenvalue weighted by Crippen LogP contribution is 2.26. The lowest BCUT2D eigenvalue weighted by atomic mass is 9.93. The van der Waals surface area contributed by atoms with Crippen molar-refractivity contribution in [3.63, 3.8) is 0 Å². The zero-order chi connectivity index (χ0) is 11.5. The van der Waals surface area contributed by atoms with Crippen LogP contribution in [0.1, 0.15) is 38.3 Å². The van der Waals surface area contributed by atoms with Crippen LogP contribution in [0.2, 0.25) is 0 Å². The van der Waals surface area contributed by atoms with Gasteiger partial charge in [-0.1, -0.05) is 20.3 Å². The molecule has 2 heterocycles. The summed E-state index contributed by atoms with van der Waals surface area (Å²) in [5.74, 6) is 0.518. The minimum Gasteiger partial charge on any atom is -0.324 e. The van der Waals surface area contributed by atoms with Gasteiger partial charge in [0.1, 0.15) is 0 Å². The predicted molar refractivity (Wildman–Crippen MR) is 70.6 cm³/mol. The van der Waals surface area contributed by atoms with Crippen LogP contribution < -0.4 is 5.73 Å². The fourth-order valence-corrected chi connectivity index (χ4v) is 2.80. The van der Waals surface area contributed by atoms with E-state index in [0.29, 0.717) is 5.92 Å². The van der Waals surface area contributed by atoms with Gasteiger partial charge in [-0.15, -0.1) is 11.3 Å². The van der Waals surface area contributed by atoms with Gasteiger partial charge in [0.15, 0.2) is 0 Å². The molecule has 2 atom stereocenters. The first-order valence-electron chi connectivity index (χ1n) is 5.81. The maximum absolute atomic E-state index is 6.25. The van der Waals surface area contributed by atoms with Crippen LogP contribution in [0.3, 0.4) is 0 Å². The van der Waals surface area contributed by atoms with E-state index in [4.69, 9.17) is 5.73 Å². The summed E-state index contributed by atoms with van der Waals surface area (Å²) < 4.78 is 1.23. The molecule has 0 spiro atoms. The third-order valence-corrected chi connectivity index (χ3v) is 3.92. The van der Waals surface area contributed by atoms with Crippen LogP contribution in [0.4, 0.5) is 0 Å². The van der Waals surface area contributed by atoms with Crippen molar-refractivity contribution in [3.05, 3.63) is 29.3 Å². The molecule has 16 heavy (non-hydrogen) atoms. The molecule has 0 bridgehead atoms. The molecule has 0 amide bonds. The Kier molecular flexibility index (Phi) is 3.56. The van der Waals surface area contributed by atoms with Gasteiger partial charge in [0.2, 0.25) is 0 Å². The van der Waals surface area contributed by atoms with E-state index in [1.54, 1.807) is 11.3 Å². The molecule has 0 saturated heterocycles. The summed E-state index contributed by atoms with van der Waals surface area (Å²) in [5, 5.41) is 2.07. The Hall–Kier alpha value is -0.930. The summed E-state index contributed by atoms with van der Waals surface area (Å²) in [4.78, 5) is 4.44. The van der Waals surface area contributed by atoms with Crippen LogP contribution in [0, 0.1) is 5.92 Å². The Morgan fingerprint density at radius 1 is 1.50 bits per heavy atom. The molecule has 0 aliphatic heterocycles. The quantitative estimate of drug-likeness (QED) is 0.875. The SMILES string of the molecule is CCCC(C)C(N)c1cnc2ccsc2c1. The summed E-state index contributed by atoms with van der Waals surface area (Å²) in [6, 6.07) is 4.34. The van der Waals surface area contributed by atoms with Crippen molar-refractivity contribution in [2.24, 2.45) is 11.7 Å². The van der Waals surface area contributed by atoms with Crippen molar-refractivity contribution in [2.45, 2.75) is 32.7 Å². The zero-order valence-corrected chi connectivity index (χ0v) is 10.6. The molecule has 86 valence electrons. The van der Waals surface area contributed by atoms with Gasteiger partial charge in [0.05, 0.1) is 10.2 Å². The highest BCUT2D eigenvalue weighted by Gasteiger charge is 2.14. The molecule has 2 aromatic rings. The average Bonchev–Trinajstić information content (AvgIpc) is 2.75. The summed E-state index contributed by atoms with van der Waals surface area (Å²) >= 11 is 1.73. The first-order valence-corrected chi connectivity index (χ1v) is 6.69. The smallest absolute Gasteiger partial charge is 0.0809 e. The molecular formula is C13H18N2S. The number of rotatable bonds is 4. The maximum atomic E-state index is 6.25. The van der Waals surface area contributed by atoms with Crippen LogP contribution in [0.25, 0.3) is 10.2 Å². The van der Waals surface area contributed by atoms with Gasteiger partial charge in [-0.3, -0.25) is 4.98 Å². The van der Waals surface area contributed by atoms with E-state index in [-0.39, 0.29) is 6.04 Å². The molecule has 2 rings (SSSR count). The summed E-state index contributed by atoms with van der Waals surface area (Å²) in [6.45, 7) is 4.41. The zero-order valence-electron chi connectivity index (χ0n) is 9.81. The average molecular weight is 234 g/mol. The van der Waals surface area contributed by atoms with Gasteiger partial charge in [0, 0.05) is 12.2 Å². The van der Waals surface area contributed by atoms with Crippen LogP contribution >= 0.6 is 11.3 Å². The topological polar surface area (TPSA) is 38.9 Å². The van der Waals surface area contributed by atoms with Gasteiger partial charge in [-0.05, 0) is 35.4 Å². The summed E-state index contributed by atoms with van der Waals surface area (Å²) in [7, 11) is 0. The Bertz CT molecular complexity index is 464. The molecular weight excluding hydrogens is 216 g/mol. The van der Waals surface area contributed by atoms with Crippen molar-refractivity contribution in [1.29, 1.82) is 0 Å². The fraction of sp³-hybridized carbons (Fsp3) is 0.462. The maximum Gasteiger partial charge on any atom is 0.0809 e. The van der Waals surface area contributed by atoms with Crippen LogP contribution in [0.5, 0.6) is 0 Å². The molecule has 0 aliphatic rings. The molecule has 0 radical (unpaired) electrons. The van der Waals surface area contributed by atoms with Crippen molar-refractivity contribution in [2.75, 3.05) is 0 Å². The van der Waals surface area contributed by atoms with E-state index in [1.165, 1.54) is 17.5 Å². The highest BCUT2D eigenvalue weighted by atomic mass is 32.1. The first-order chi connectivity index (χ1) is 7.72. The van der Waals surface area contributed by atoms with Crippen molar-refractivity contribution in [1.82, 2.24) is 4.98 Å². The van der Waals surface area contributed by atoms with E-state index < -0.39 is 0 Å². The number of nitrogens with zero attached hydrogens (tertiary/aromatic N) is 1. The van der Waals surface area contributed by atoms with Crippen molar-refractivity contribution in [3.8, 4) is 0 Å². The Balaban J connectivity index is 2.24. The van der Waals surface area contributed by atoms with Gasteiger partial charge < -0.3 is 5.73 Å². The van der Waals surface area contributed by atoms with Gasteiger partial charge in [0.25, 0.3) is 0 Å². The summed E-state index contributed by atoms with van der Waals surface area (Å²) in [5.41, 5.74) is 8.49. The predicted octanol–water partition coefficient (Wildman–Crippen LogP) is 3.73. The third kappa shape index (κ3) is 2.25. The number of aromatic nitrogens is 1. The molecule has 2 unspecified atom stereocenters. The lowest BCUT2D eigenvalue weighted by Gasteiger charge is -2.19. The van der Waals surface area contributed by atoms with Gasteiger partial charge in [-0.2, -0.15) is 0 Å². The number of pyridine rings is 1. The monoisotopic (exact) mass is 234 g/mol. The number of nitrogens with two attached hydrogens (primary N) is 1. The van der Waals surface area contributed by atoms with Crippen LogP contribution in [-0.2, 0) is 0 Å². The van der Waals surface area contributed by atoms with Crippen LogP contribution in [-0.4, -0.2) is 4.98 Å². The van der Waals surface area contributed by atoms with E-state index in [2.05, 4.69) is 30.3 Å². The van der Waals surface area contributed by atoms with Gasteiger partial charge >= 0.3 is 0 Å². The minimum atomic E-state index is 0.110. The first kappa shape index (κ1) is 11.6. The van der Waals surface area contributed by atoms with E-state index >= 15 is 0 Å². The van der Waals surface area contributed by atoms with Crippen molar-refractivity contribution >= 4 is 21.6 Å². The second-order valence-corrected chi connectivity index (χ2v) is 5.31. The standard InChI is InChI=1S/C13H18N2S/c1-3-4-9(2)13(14)10-7-12-11(15-8-10)5-6-16-12/h5-9,13H,3-4,14H2,1-2H3. The minimum absolute atomic E-state index is 0.110. The molecule has 0 fully saturated rings. The van der Waals surface area contributed by atoms with E-state index in [9.17, 15) is 0 Å². The summed E-state index contributed by atoms with van der Waals surface area (Å²) in [6.07, 6.45) is 4.28.